The number of carbonyl (C=O) groups excluding carboxylic acids is 2. The molecule has 4 rings (SSSR count). The topological polar surface area (TPSA) is 87.0 Å². The largest absolute Gasteiger partial charge is 0.872 e. The van der Waals surface area contributed by atoms with E-state index in [1.165, 1.54) is 17.3 Å². The van der Waals surface area contributed by atoms with Crippen LogP contribution in [-0.4, -0.2) is 61.0 Å². The van der Waals surface area contributed by atoms with Crippen molar-refractivity contribution in [2.45, 2.75) is 12.5 Å². The van der Waals surface area contributed by atoms with Gasteiger partial charge in [-0.05, 0) is 35.4 Å². The number of quaternary nitrogens is 1. The lowest BCUT2D eigenvalue weighted by Gasteiger charge is -2.29. The fourth-order valence-corrected chi connectivity index (χ4v) is 4.61. The van der Waals surface area contributed by atoms with Crippen LogP contribution in [0.15, 0.2) is 58.8 Å². The molecule has 1 unspecified atom stereocenters. The van der Waals surface area contributed by atoms with Crippen molar-refractivity contribution in [2.24, 2.45) is 0 Å². The minimum Gasteiger partial charge on any atom is -0.872 e. The van der Waals surface area contributed by atoms with E-state index in [0.29, 0.717) is 12.1 Å². The molecule has 31 heavy (non-hydrogen) atoms. The number of hydrogen-bond acceptors (Lipinski definition) is 5. The summed E-state index contributed by atoms with van der Waals surface area (Å²) in [4.78, 5) is 32.8. The van der Waals surface area contributed by atoms with Crippen LogP contribution < -0.4 is 10.0 Å². The van der Waals surface area contributed by atoms with E-state index in [-0.39, 0.29) is 5.57 Å². The Labute approximate surface area is 189 Å². The summed E-state index contributed by atoms with van der Waals surface area (Å²) in [5.74, 6) is -1.75. The molecule has 2 fully saturated rings. The zero-order valence-electron chi connectivity index (χ0n) is 17.1. The predicted octanol–water partition coefficient (Wildman–Crippen LogP) is 0.373. The number of carbonyl (C=O) groups is 2. The van der Waals surface area contributed by atoms with Crippen LogP contribution in [0, 0.1) is 0 Å². The lowest BCUT2D eigenvalue weighted by atomic mass is 9.95. The normalized spacial score (nSPS) is 21.6. The van der Waals surface area contributed by atoms with Gasteiger partial charge < -0.3 is 19.6 Å². The highest BCUT2D eigenvalue weighted by molar-refractivity contribution is 9.10. The summed E-state index contributed by atoms with van der Waals surface area (Å²) in [7, 11) is 0. The zero-order chi connectivity index (χ0) is 21.8. The van der Waals surface area contributed by atoms with Crippen molar-refractivity contribution in [1.29, 1.82) is 0 Å². The molecule has 0 aliphatic carbocycles. The number of amides is 1. The number of halogens is 1. The van der Waals surface area contributed by atoms with Crippen LogP contribution >= 0.6 is 15.9 Å². The number of Topliss-reactive ketones (excluding diaryl/α,β-unsaturated/α-hetero) is 1. The van der Waals surface area contributed by atoms with Crippen LogP contribution in [0.3, 0.4) is 0 Å². The van der Waals surface area contributed by atoms with Crippen molar-refractivity contribution in [3.63, 3.8) is 0 Å². The molecule has 2 aliphatic heterocycles. The molecule has 1 aromatic heterocycles. The summed E-state index contributed by atoms with van der Waals surface area (Å²) in [6.45, 7) is 4.68. The Kier molecular flexibility index (Phi) is 6.80. The predicted molar refractivity (Wildman–Crippen MR) is 116 cm³/mol. The molecule has 1 aromatic carbocycles. The van der Waals surface area contributed by atoms with E-state index in [1.54, 1.807) is 17.0 Å². The first-order chi connectivity index (χ1) is 15.1. The molecule has 1 atom stereocenters. The third kappa shape index (κ3) is 4.71. The van der Waals surface area contributed by atoms with Crippen LogP contribution in [-0.2, 0) is 14.3 Å². The average Bonchev–Trinajstić information content (AvgIpc) is 3.05. The maximum atomic E-state index is 13.2. The fraction of sp³-hybridized carbons (Fsp3) is 0.348. The lowest BCUT2D eigenvalue weighted by Crippen LogP contribution is -3.14. The number of hydrogen-bond donors (Lipinski definition) is 1. The Bertz CT molecular complexity index is 989. The molecular weight excluding hydrogens is 462 g/mol. The molecule has 0 bridgehead atoms. The molecular formula is C23H24BrN3O4. The first-order valence-corrected chi connectivity index (χ1v) is 11.2. The van der Waals surface area contributed by atoms with Gasteiger partial charge in [-0.15, -0.1) is 0 Å². The Hall–Kier alpha value is -2.55. The first-order valence-electron chi connectivity index (χ1n) is 10.4. The van der Waals surface area contributed by atoms with Crippen LogP contribution in [0.2, 0.25) is 0 Å². The number of ketones is 1. The number of ether oxygens (including phenoxy) is 1. The molecule has 1 amide bonds. The number of morpholine rings is 1. The SMILES string of the molecule is O=C1C(=O)N(CCC[NH+]2CCOCC2)C(c2cccc(Br)c2)C1=C([O-])c1ccncc1. The molecule has 2 saturated heterocycles. The zero-order valence-corrected chi connectivity index (χ0v) is 18.6. The molecule has 0 saturated carbocycles. The van der Waals surface area contributed by atoms with Gasteiger partial charge in [0.15, 0.2) is 0 Å². The molecule has 0 spiro atoms. The van der Waals surface area contributed by atoms with Crippen molar-refractivity contribution >= 4 is 33.4 Å². The Morgan fingerprint density at radius 2 is 1.94 bits per heavy atom. The number of nitrogens with zero attached hydrogens (tertiary/aromatic N) is 2. The van der Waals surface area contributed by atoms with Gasteiger partial charge in [-0.25, -0.2) is 0 Å². The van der Waals surface area contributed by atoms with Crippen molar-refractivity contribution in [2.75, 3.05) is 39.4 Å². The van der Waals surface area contributed by atoms with Gasteiger partial charge in [-0.3, -0.25) is 14.6 Å². The van der Waals surface area contributed by atoms with E-state index >= 15 is 0 Å². The van der Waals surface area contributed by atoms with Crippen LogP contribution in [0.25, 0.3) is 5.76 Å². The Morgan fingerprint density at radius 1 is 1.19 bits per heavy atom. The maximum Gasteiger partial charge on any atom is 0.295 e. The second kappa shape index (κ2) is 9.72. The van der Waals surface area contributed by atoms with E-state index in [2.05, 4.69) is 20.9 Å². The molecule has 3 heterocycles. The lowest BCUT2D eigenvalue weighted by molar-refractivity contribution is -0.908. The molecule has 2 aliphatic rings. The van der Waals surface area contributed by atoms with Gasteiger partial charge in [0.05, 0.1) is 25.8 Å². The van der Waals surface area contributed by atoms with Gasteiger partial charge in [0, 0.05) is 35.4 Å². The molecule has 0 radical (unpaired) electrons. The highest BCUT2D eigenvalue weighted by atomic mass is 79.9. The molecule has 1 N–H and O–H groups in total. The summed E-state index contributed by atoms with van der Waals surface area (Å²) in [6.07, 6.45) is 3.76. The number of pyridine rings is 1. The van der Waals surface area contributed by atoms with E-state index in [1.807, 2.05) is 24.3 Å². The third-order valence-corrected chi connectivity index (χ3v) is 6.26. The average molecular weight is 486 g/mol. The van der Waals surface area contributed by atoms with Crippen LogP contribution in [0.5, 0.6) is 0 Å². The van der Waals surface area contributed by atoms with Crippen molar-refractivity contribution in [1.82, 2.24) is 9.88 Å². The highest BCUT2D eigenvalue weighted by Gasteiger charge is 2.44. The van der Waals surface area contributed by atoms with E-state index in [4.69, 9.17) is 4.74 Å². The van der Waals surface area contributed by atoms with Crippen molar-refractivity contribution in [3.05, 3.63) is 70.0 Å². The number of aromatic nitrogens is 1. The van der Waals surface area contributed by atoms with Crippen molar-refractivity contribution in [3.8, 4) is 0 Å². The monoisotopic (exact) mass is 485 g/mol. The smallest absolute Gasteiger partial charge is 0.295 e. The number of likely N-dealkylation sites (tertiary alicyclic amines) is 1. The number of benzene rings is 1. The number of rotatable bonds is 6. The standard InChI is InChI=1S/C23H24BrN3O4/c24-18-4-1-3-17(15-18)20-19(21(28)16-5-7-25-8-6-16)22(29)23(30)27(20)10-2-9-26-11-13-31-14-12-26/h1,3-8,15,20,28H,2,9-14H2. The Morgan fingerprint density at radius 3 is 2.65 bits per heavy atom. The summed E-state index contributed by atoms with van der Waals surface area (Å²) in [5.41, 5.74) is 1.10. The van der Waals surface area contributed by atoms with E-state index in [0.717, 1.165) is 49.3 Å². The van der Waals surface area contributed by atoms with E-state index < -0.39 is 23.5 Å². The molecule has 2 aromatic rings. The van der Waals surface area contributed by atoms with Gasteiger partial charge >= 0.3 is 0 Å². The molecule has 162 valence electrons. The quantitative estimate of drug-likeness (QED) is 0.363. The highest BCUT2D eigenvalue weighted by Crippen LogP contribution is 2.39. The van der Waals surface area contributed by atoms with Gasteiger partial charge in [-0.2, -0.15) is 0 Å². The first kappa shape index (κ1) is 21.7. The summed E-state index contributed by atoms with van der Waals surface area (Å²) in [5, 5.41) is 13.2. The van der Waals surface area contributed by atoms with Crippen LogP contribution in [0.4, 0.5) is 0 Å². The Balaban J connectivity index is 1.66. The van der Waals surface area contributed by atoms with Gasteiger partial charge in [0.1, 0.15) is 13.1 Å². The summed E-state index contributed by atoms with van der Waals surface area (Å²) < 4.78 is 6.22. The fourth-order valence-electron chi connectivity index (χ4n) is 4.19. The van der Waals surface area contributed by atoms with Crippen molar-refractivity contribution < 1.29 is 24.3 Å². The van der Waals surface area contributed by atoms with Gasteiger partial charge in [0.25, 0.3) is 5.91 Å². The third-order valence-electron chi connectivity index (χ3n) is 5.77. The molecule has 7 nitrogen and oxygen atoms in total. The van der Waals surface area contributed by atoms with Crippen LogP contribution in [0.1, 0.15) is 23.6 Å². The number of nitrogens with one attached hydrogen (secondary N) is 1. The second-order valence-electron chi connectivity index (χ2n) is 7.73. The summed E-state index contributed by atoms with van der Waals surface area (Å²) in [6, 6.07) is 9.86. The minimum atomic E-state index is -0.717. The van der Waals surface area contributed by atoms with E-state index in [9.17, 15) is 14.7 Å². The molecule has 8 heteroatoms. The van der Waals surface area contributed by atoms with Gasteiger partial charge in [0.2, 0.25) is 5.78 Å². The maximum absolute atomic E-state index is 13.2. The minimum absolute atomic E-state index is 0.00743. The summed E-state index contributed by atoms with van der Waals surface area (Å²) >= 11 is 3.46. The van der Waals surface area contributed by atoms with Gasteiger partial charge in [-0.1, -0.05) is 33.8 Å². The second-order valence-corrected chi connectivity index (χ2v) is 8.65.